The lowest BCUT2D eigenvalue weighted by molar-refractivity contribution is 0.636. The summed E-state index contributed by atoms with van der Waals surface area (Å²) >= 11 is 0. The topological polar surface area (TPSA) is 16.4 Å². The minimum Gasteiger partial charge on any atom is -0.455 e. The Balaban J connectivity index is 1.06. The minimum absolute atomic E-state index is 0.891. The van der Waals surface area contributed by atoms with Crippen LogP contribution in [-0.2, 0) is 0 Å². The van der Waals surface area contributed by atoms with Gasteiger partial charge in [0.25, 0.3) is 0 Å². The third kappa shape index (κ3) is 6.32. The Morgan fingerprint density at radius 1 is 0.267 bits per heavy atom. The van der Waals surface area contributed by atoms with Crippen LogP contribution in [0.3, 0.4) is 0 Å². The molecule has 0 aliphatic heterocycles. The van der Waals surface area contributed by atoms with Gasteiger partial charge in [0.15, 0.2) is 0 Å². The lowest BCUT2D eigenvalue weighted by Gasteiger charge is -2.27. The molecular formula is C58H39NO. The quantitative estimate of drug-likeness (QED) is 0.143. The van der Waals surface area contributed by atoms with Crippen LogP contribution >= 0.6 is 0 Å². The summed E-state index contributed by atoms with van der Waals surface area (Å²) in [5.41, 5.74) is 14.5. The van der Waals surface area contributed by atoms with Crippen molar-refractivity contribution in [3.63, 3.8) is 0 Å². The molecule has 11 aromatic rings. The predicted molar refractivity (Wildman–Crippen MR) is 253 cm³/mol. The van der Waals surface area contributed by atoms with Crippen molar-refractivity contribution in [2.75, 3.05) is 4.90 Å². The van der Waals surface area contributed by atoms with Crippen LogP contribution in [0.25, 0.3) is 88.3 Å². The Kier molecular flexibility index (Phi) is 8.87. The van der Waals surface area contributed by atoms with Crippen LogP contribution in [0, 0.1) is 0 Å². The smallest absolute Gasteiger partial charge is 0.143 e. The number of hydrogen-bond donors (Lipinski definition) is 0. The second kappa shape index (κ2) is 15.1. The Hall–Kier alpha value is -7.94. The lowest BCUT2D eigenvalue weighted by atomic mass is 9.91. The van der Waals surface area contributed by atoms with Gasteiger partial charge in [-0.25, -0.2) is 0 Å². The Morgan fingerprint density at radius 3 is 1.33 bits per heavy atom. The summed E-state index contributed by atoms with van der Waals surface area (Å²) in [6.07, 6.45) is 0. The number of hydrogen-bond acceptors (Lipinski definition) is 2. The monoisotopic (exact) mass is 765 g/mol. The van der Waals surface area contributed by atoms with Gasteiger partial charge in [-0.2, -0.15) is 0 Å². The van der Waals surface area contributed by atoms with Crippen molar-refractivity contribution in [2.24, 2.45) is 0 Å². The molecule has 0 unspecified atom stereocenters. The van der Waals surface area contributed by atoms with Crippen LogP contribution < -0.4 is 4.90 Å². The normalized spacial score (nSPS) is 11.3. The van der Waals surface area contributed by atoms with E-state index in [1.54, 1.807) is 0 Å². The van der Waals surface area contributed by atoms with Crippen molar-refractivity contribution in [3.8, 4) is 55.8 Å². The molecule has 0 radical (unpaired) electrons. The summed E-state index contributed by atoms with van der Waals surface area (Å²) in [4.78, 5) is 2.36. The maximum atomic E-state index is 6.94. The van der Waals surface area contributed by atoms with Gasteiger partial charge in [-0.3, -0.25) is 0 Å². The number of fused-ring (bicyclic) bond motifs is 6. The van der Waals surface area contributed by atoms with Gasteiger partial charge >= 0.3 is 0 Å². The number of furan rings is 1. The van der Waals surface area contributed by atoms with Gasteiger partial charge in [0.1, 0.15) is 11.3 Å². The molecule has 1 heterocycles. The molecular weight excluding hydrogens is 727 g/mol. The highest BCUT2D eigenvalue weighted by Crippen LogP contribution is 2.48. The first-order chi connectivity index (χ1) is 29.8. The van der Waals surface area contributed by atoms with E-state index in [1.165, 1.54) is 38.4 Å². The number of para-hydroxylation sites is 1. The van der Waals surface area contributed by atoms with Crippen LogP contribution in [-0.4, -0.2) is 0 Å². The Morgan fingerprint density at radius 2 is 0.733 bits per heavy atom. The van der Waals surface area contributed by atoms with Crippen molar-refractivity contribution in [3.05, 3.63) is 237 Å². The van der Waals surface area contributed by atoms with Crippen LogP contribution in [0.1, 0.15) is 0 Å². The molecule has 0 N–H and O–H groups in total. The highest BCUT2D eigenvalue weighted by molar-refractivity contribution is 6.29. The van der Waals surface area contributed by atoms with Gasteiger partial charge in [-0.05, 0) is 104 Å². The van der Waals surface area contributed by atoms with Crippen LogP contribution in [0.15, 0.2) is 241 Å². The number of anilines is 3. The minimum atomic E-state index is 0.891. The second-order valence-corrected chi connectivity index (χ2v) is 15.3. The van der Waals surface area contributed by atoms with E-state index < -0.39 is 0 Å². The van der Waals surface area contributed by atoms with Crippen molar-refractivity contribution < 1.29 is 4.42 Å². The molecule has 0 spiro atoms. The Bertz CT molecular complexity index is 3210. The molecule has 0 fully saturated rings. The third-order valence-electron chi connectivity index (χ3n) is 11.6. The molecule has 0 aliphatic carbocycles. The Labute approximate surface area is 349 Å². The van der Waals surface area contributed by atoms with E-state index >= 15 is 0 Å². The van der Waals surface area contributed by atoms with E-state index in [0.29, 0.717) is 0 Å². The predicted octanol–water partition coefficient (Wildman–Crippen LogP) is 16.5. The molecule has 0 amide bonds. The average molecular weight is 766 g/mol. The molecule has 11 rings (SSSR count). The van der Waals surface area contributed by atoms with Crippen LogP contribution in [0.5, 0.6) is 0 Å². The molecule has 0 aliphatic rings. The average Bonchev–Trinajstić information content (AvgIpc) is 3.75. The highest BCUT2D eigenvalue weighted by Gasteiger charge is 2.23. The summed E-state index contributed by atoms with van der Waals surface area (Å²) in [5.74, 6) is 0.891. The van der Waals surface area contributed by atoms with Crippen LogP contribution in [0.2, 0.25) is 0 Å². The van der Waals surface area contributed by atoms with Gasteiger partial charge in [0.2, 0.25) is 0 Å². The van der Waals surface area contributed by atoms with Crippen molar-refractivity contribution in [1.29, 1.82) is 0 Å². The zero-order valence-corrected chi connectivity index (χ0v) is 32.9. The lowest BCUT2D eigenvalue weighted by Crippen LogP contribution is -2.10. The molecule has 0 saturated carbocycles. The third-order valence-corrected chi connectivity index (χ3v) is 11.6. The first-order valence-electron chi connectivity index (χ1n) is 20.5. The van der Waals surface area contributed by atoms with Gasteiger partial charge in [-0.1, -0.05) is 188 Å². The number of rotatable bonds is 8. The molecule has 1 aromatic heterocycles. The zero-order chi connectivity index (χ0) is 39.8. The summed E-state index contributed by atoms with van der Waals surface area (Å²) in [6, 6.07) is 84.6. The number of benzene rings is 10. The van der Waals surface area contributed by atoms with E-state index in [1.807, 2.05) is 0 Å². The molecule has 2 nitrogen and oxygen atoms in total. The van der Waals surface area contributed by atoms with E-state index in [4.69, 9.17) is 4.42 Å². The molecule has 0 saturated heterocycles. The second-order valence-electron chi connectivity index (χ2n) is 15.3. The summed E-state index contributed by atoms with van der Waals surface area (Å²) in [6.45, 7) is 0. The maximum absolute atomic E-state index is 6.94. The fourth-order valence-corrected chi connectivity index (χ4v) is 8.79. The summed E-state index contributed by atoms with van der Waals surface area (Å²) < 4.78 is 6.94. The zero-order valence-electron chi connectivity index (χ0n) is 32.9. The van der Waals surface area contributed by atoms with E-state index in [2.05, 4.69) is 241 Å². The molecule has 60 heavy (non-hydrogen) atoms. The van der Waals surface area contributed by atoms with Gasteiger partial charge < -0.3 is 9.32 Å². The van der Waals surface area contributed by atoms with Gasteiger partial charge in [0, 0.05) is 39.0 Å². The first-order valence-corrected chi connectivity index (χ1v) is 20.5. The van der Waals surface area contributed by atoms with Crippen molar-refractivity contribution in [2.45, 2.75) is 0 Å². The standard InChI is InChI=1S/C58H39NO/c1-6-18-40(19-7-1)46-36-47(41-20-8-2-9-21-41)38-50(37-46)59(48-26-14-5-15-27-48)49-33-30-42(31-34-49)45-32-35-52-54(39-45)51-28-16-17-29-53(51)58-56(52)55(43-22-10-3-11-23-43)57(60-58)44-24-12-4-13-25-44/h1-39H. The summed E-state index contributed by atoms with van der Waals surface area (Å²) in [7, 11) is 0. The van der Waals surface area contributed by atoms with E-state index in [9.17, 15) is 0 Å². The molecule has 0 atom stereocenters. The summed E-state index contributed by atoms with van der Waals surface area (Å²) in [5, 5.41) is 5.81. The first kappa shape index (κ1) is 35.2. The van der Waals surface area contributed by atoms with Gasteiger partial charge in [-0.15, -0.1) is 0 Å². The molecule has 10 aromatic carbocycles. The number of nitrogens with zero attached hydrogens (tertiary/aromatic N) is 1. The largest absolute Gasteiger partial charge is 0.455 e. The fourth-order valence-electron chi connectivity index (χ4n) is 8.79. The fraction of sp³-hybridized carbons (Fsp3) is 0. The maximum Gasteiger partial charge on any atom is 0.143 e. The molecule has 282 valence electrons. The van der Waals surface area contributed by atoms with Crippen molar-refractivity contribution >= 4 is 49.6 Å². The van der Waals surface area contributed by atoms with Gasteiger partial charge in [0.05, 0.1) is 0 Å². The van der Waals surface area contributed by atoms with E-state index in [-0.39, 0.29) is 0 Å². The van der Waals surface area contributed by atoms with Crippen molar-refractivity contribution in [1.82, 2.24) is 0 Å². The highest BCUT2D eigenvalue weighted by atomic mass is 16.3. The SMILES string of the molecule is c1ccc(-c2cc(-c3ccccc3)cc(N(c3ccccc3)c3ccc(-c4ccc5c(c4)c4ccccc4c4oc(-c6ccccc6)c(-c6ccccc6)c54)cc3)c2)cc1. The molecule has 2 heteroatoms. The molecule has 0 bridgehead atoms. The van der Waals surface area contributed by atoms with E-state index in [0.717, 1.165) is 67.0 Å². The van der Waals surface area contributed by atoms with Crippen LogP contribution in [0.4, 0.5) is 17.1 Å².